The molecule has 2 atom stereocenters. The van der Waals surface area contributed by atoms with Gasteiger partial charge in [-0.25, -0.2) is 0 Å². The maximum Gasteiger partial charge on any atom is 0.0834 e. The van der Waals surface area contributed by atoms with Crippen molar-refractivity contribution in [2.45, 2.75) is 25.6 Å². The van der Waals surface area contributed by atoms with Crippen molar-refractivity contribution in [3.63, 3.8) is 0 Å². The second-order valence-corrected chi connectivity index (χ2v) is 5.44. The molecule has 0 bridgehead atoms. The molecule has 2 unspecified atom stereocenters. The predicted octanol–water partition coefficient (Wildman–Crippen LogP) is 0.802. The fraction of sp³-hybridized carbons (Fsp3) is 0.750. The SMILES string of the molecule is CCn1ncc(Cl)c1C(N)C1CN(C)CCN1C. The topological polar surface area (TPSA) is 50.3 Å². The van der Waals surface area contributed by atoms with Gasteiger partial charge < -0.3 is 10.6 Å². The van der Waals surface area contributed by atoms with E-state index in [1.54, 1.807) is 6.20 Å². The lowest BCUT2D eigenvalue weighted by Gasteiger charge is -2.40. The molecule has 0 amide bonds. The Balaban J connectivity index is 2.23. The summed E-state index contributed by atoms with van der Waals surface area (Å²) in [6.45, 7) is 5.93. The molecule has 6 heteroatoms. The highest BCUT2D eigenvalue weighted by atomic mass is 35.5. The Morgan fingerprint density at radius 1 is 1.50 bits per heavy atom. The number of hydrogen-bond acceptors (Lipinski definition) is 4. The van der Waals surface area contributed by atoms with Crippen molar-refractivity contribution in [2.24, 2.45) is 5.73 Å². The number of nitrogens with two attached hydrogens (primary N) is 1. The van der Waals surface area contributed by atoms with Crippen molar-refractivity contribution in [2.75, 3.05) is 33.7 Å². The third kappa shape index (κ3) is 2.54. The second-order valence-electron chi connectivity index (χ2n) is 5.03. The van der Waals surface area contributed by atoms with Crippen molar-refractivity contribution >= 4 is 11.6 Å². The lowest BCUT2D eigenvalue weighted by atomic mass is 10.0. The Bertz CT molecular complexity index is 405. The van der Waals surface area contributed by atoms with Gasteiger partial charge in [-0.05, 0) is 21.0 Å². The predicted molar refractivity (Wildman–Crippen MR) is 73.8 cm³/mol. The fourth-order valence-corrected chi connectivity index (χ4v) is 2.84. The van der Waals surface area contributed by atoms with Gasteiger partial charge in [0.25, 0.3) is 0 Å². The van der Waals surface area contributed by atoms with Crippen molar-refractivity contribution in [3.05, 3.63) is 16.9 Å². The zero-order valence-electron chi connectivity index (χ0n) is 11.3. The Hall–Kier alpha value is -0.620. The Labute approximate surface area is 113 Å². The van der Waals surface area contributed by atoms with Crippen molar-refractivity contribution in [1.82, 2.24) is 19.6 Å². The Kier molecular flexibility index (Phi) is 4.27. The molecule has 2 N–H and O–H groups in total. The Morgan fingerprint density at radius 2 is 2.22 bits per heavy atom. The van der Waals surface area contributed by atoms with Crippen LogP contribution in [0.4, 0.5) is 0 Å². The first-order chi connectivity index (χ1) is 8.54. The molecule has 1 fully saturated rings. The van der Waals surface area contributed by atoms with Crippen LogP contribution in [0, 0.1) is 0 Å². The summed E-state index contributed by atoms with van der Waals surface area (Å²) in [5, 5.41) is 4.94. The van der Waals surface area contributed by atoms with Gasteiger partial charge in [0.15, 0.2) is 0 Å². The molecule has 0 spiro atoms. The largest absolute Gasteiger partial charge is 0.321 e. The third-order valence-electron chi connectivity index (χ3n) is 3.76. The standard InChI is InChI=1S/C12H22ClN5/c1-4-18-12(9(13)7-15-18)11(14)10-8-16(2)5-6-17(10)3/h7,10-11H,4-6,8,14H2,1-3H3. The summed E-state index contributed by atoms with van der Waals surface area (Å²) in [4.78, 5) is 4.62. The van der Waals surface area contributed by atoms with Crippen LogP contribution < -0.4 is 5.73 Å². The number of likely N-dealkylation sites (N-methyl/N-ethyl adjacent to an activating group) is 2. The molecule has 1 aliphatic rings. The average molecular weight is 272 g/mol. The van der Waals surface area contributed by atoms with E-state index in [9.17, 15) is 0 Å². The van der Waals surface area contributed by atoms with Crippen LogP contribution in [-0.2, 0) is 6.54 Å². The third-order valence-corrected chi connectivity index (χ3v) is 4.05. The molecule has 2 heterocycles. The fourth-order valence-electron chi connectivity index (χ4n) is 2.57. The number of piperazine rings is 1. The van der Waals surface area contributed by atoms with Gasteiger partial charge in [-0.2, -0.15) is 5.10 Å². The minimum absolute atomic E-state index is 0.104. The number of rotatable bonds is 3. The summed E-state index contributed by atoms with van der Waals surface area (Å²) in [5.74, 6) is 0. The number of hydrogen-bond donors (Lipinski definition) is 1. The molecule has 18 heavy (non-hydrogen) atoms. The summed E-state index contributed by atoms with van der Waals surface area (Å²) in [7, 11) is 4.25. The summed E-state index contributed by atoms with van der Waals surface area (Å²) in [6, 6.07) is 0.177. The van der Waals surface area contributed by atoms with Crippen molar-refractivity contribution < 1.29 is 0 Å². The molecular weight excluding hydrogens is 250 g/mol. The van der Waals surface area contributed by atoms with E-state index >= 15 is 0 Å². The summed E-state index contributed by atoms with van der Waals surface area (Å²) in [5.41, 5.74) is 7.38. The molecule has 0 aliphatic carbocycles. The van der Waals surface area contributed by atoms with E-state index in [0.29, 0.717) is 5.02 Å². The maximum atomic E-state index is 6.43. The molecule has 1 aromatic heterocycles. The number of halogens is 1. The maximum absolute atomic E-state index is 6.43. The number of aromatic nitrogens is 2. The van der Waals surface area contributed by atoms with Gasteiger partial charge in [0.05, 0.1) is 23.0 Å². The number of nitrogens with zero attached hydrogens (tertiary/aromatic N) is 4. The highest BCUT2D eigenvalue weighted by Gasteiger charge is 2.31. The van der Waals surface area contributed by atoms with Crippen LogP contribution in [-0.4, -0.2) is 59.4 Å². The van der Waals surface area contributed by atoms with Gasteiger partial charge in [-0.3, -0.25) is 9.58 Å². The normalized spacial score (nSPS) is 24.4. The van der Waals surface area contributed by atoms with E-state index in [4.69, 9.17) is 17.3 Å². The van der Waals surface area contributed by atoms with Crippen molar-refractivity contribution in [1.29, 1.82) is 0 Å². The lowest BCUT2D eigenvalue weighted by molar-refractivity contribution is 0.0954. The van der Waals surface area contributed by atoms with Gasteiger partial charge in [0, 0.05) is 32.2 Å². The minimum Gasteiger partial charge on any atom is -0.321 e. The molecule has 102 valence electrons. The smallest absolute Gasteiger partial charge is 0.0834 e. The van der Waals surface area contributed by atoms with Gasteiger partial charge in [0.1, 0.15) is 0 Å². The molecule has 0 aromatic carbocycles. The quantitative estimate of drug-likeness (QED) is 0.884. The van der Waals surface area contributed by atoms with Crippen LogP contribution >= 0.6 is 11.6 Å². The van der Waals surface area contributed by atoms with Crippen LogP contribution in [0.5, 0.6) is 0 Å². The van der Waals surface area contributed by atoms with E-state index in [1.165, 1.54) is 0 Å². The molecule has 5 nitrogen and oxygen atoms in total. The van der Waals surface area contributed by atoms with Crippen molar-refractivity contribution in [3.8, 4) is 0 Å². The van der Waals surface area contributed by atoms with Crippen LogP contribution in [0.15, 0.2) is 6.20 Å². The van der Waals surface area contributed by atoms with Crippen LogP contribution in [0.2, 0.25) is 5.02 Å². The molecular formula is C12H22ClN5. The molecule has 1 aromatic rings. The van der Waals surface area contributed by atoms with Gasteiger partial charge in [-0.1, -0.05) is 11.6 Å². The monoisotopic (exact) mass is 271 g/mol. The molecule has 0 saturated carbocycles. The highest BCUT2D eigenvalue weighted by Crippen LogP contribution is 2.27. The lowest BCUT2D eigenvalue weighted by Crippen LogP contribution is -2.54. The molecule has 2 rings (SSSR count). The first kappa shape index (κ1) is 13.8. The Morgan fingerprint density at radius 3 is 2.89 bits per heavy atom. The van der Waals surface area contributed by atoms with E-state index in [0.717, 1.165) is 31.9 Å². The first-order valence-electron chi connectivity index (χ1n) is 6.40. The highest BCUT2D eigenvalue weighted by molar-refractivity contribution is 6.31. The van der Waals surface area contributed by atoms with Crippen LogP contribution in [0.3, 0.4) is 0 Å². The summed E-state index contributed by atoms with van der Waals surface area (Å²) in [6.07, 6.45) is 1.69. The molecule has 1 aliphatic heterocycles. The second kappa shape index (κ2) is 5.57. The van der Waals surface area contributed by atoms with E-state index in [2.05, 4.69) is 35.9 Å². The zero-order valence-corrected chi connectivity index (χ0v) is 12.1. The molecule has 1 saturated heterocycles. The van der Waals surface area contributed by atoms with Crippen LogP contribution in [0.25, 0.3) is 0 Å². The van der Waals surface area contributed by atoms with E-state index in [-0.39, 0.29) is 12.1 Å². The zero-order chi connectivity index (χ0) is 13.3. The van der Waals surface area contributed by atoms with E-state index < -0.39 is 0 Å². The van der Waals surface area contributed by atoms with Gasteiger partial charge >= 0.3 is 0 Å². The molecule has 0 radical (unpaired) electrons. The van der Waals surface area contributed by atoms with E-state index in [1.807, 2.05) is 4.68 Å². The average Bonchev–Trinajstić information content (AvgIpc) is 2.72. The van der Waals surface area contributed by atoms with Crippen LogP contribution in [0.1, 0.15) is 18.7 Å². The summed E-state index contributed by atoms with van der Waals surface area (Å²) >= 11 is 6.23. The van der Waals surface area contributed by atoms with Gasteiger partial charge in [-0.15, -0.1) is 0 Å². The minimum atomic E-state index is -0.104. The van der Waals surface area contributed by atoms with Gasteiger partial charge in [0.2, 0.25) is 0 Å². The first-order valence-corrected chi connectivity index (χ1v) is 6.78. The number of aryl methyl sites for hydroxylation is 1. The summed E-state index contributed by atoms with van der Waals surface area (Å²) < 4.78 is 1.90.